The molecule has 16 heteroatoms. The van der Waals surface area contributed by atoms with Gasteiger partial charge in [0.1, 0.15) is 17.9 Å². The van der Waals surface area contributed by atoms with E-state index in [9.17, 15) is 17.6 Å². The number of aromatic nitrogens is 3. The van der Waals surface area contributed by atoms with Gasteiger partial charge in [-0.3, -0.25) is 4.79 Å². The van der Waals surface area contributed by atoms with Crippen molar-refractivity contribution >= 4 is 34.3 Å². The summed E-state index contributed by atoms with van der Waals surface area (Å²) < 4.78 is 50.2. The van der Waals surface area contributed by atoms with Gasteiger partial charge in [-0.1, -0.05) is 0 Å². The highest BCUT2D eigenvalue weighted by molar-refractivity contribution is 7.86. The van der Waals surface area contributed by atoms with Gasteiger partial charge >= 0.3 is 0 Å². The van der Waals surface area contributed by atoms with Crippen LogP contribution in [0, 0.1) is 22.6 Å². The van der Waals surface area contributed by atoms with Crippen LogP contribution in [-0.4, -0.2) is 132 Å². The Bertz CT molecular complexity index is 1620. The van der Waals surface area contributed by atoms with Gasteiger partial charge in [-0.2, -0.15) is 17.0 Å². The number of hydrogen-bond acceptors (Lipinski definition) is 10. The maximum absolute atomic E-state index is 14.4. The van der Waals surface area contributed by atoms with Crippen LogP contribution in [0.5, 0.6) is 11.6 Å². The molecule has 5 saturated heterocycles. The molecule has 0 bridgehead atoms. The van der Waals surface area contributed by atoms with E-state index in [0.29, 0.717) is 37.9 Å². The zero-order valence-corrected chi connectivity index (χ0v) is 31.2. The Morgan fingerprint density at radius 3 is 2.26 bits per heavy atom. The van der Waals surface area contributed by atoms with Crippen LogP contribution in [0.3, 0.4) is 0 Å². The molecule has 1 amide bonds. The topological polar surface area (TPSA) is 127 Å². The number of likely N-dealkylation sites (tertiary alicyclic amines) is 1. The summed E-state index contributed by atoms with van der Waals surface area (Å²) in [6.07, 6.45) is 5.37. The van der Waals surface area contributed by atoms with E-state index in [4.69, 9.17) is 4.74 Å². The van der Waals surface area contributed by atoms with Crippen LogP contribution in [0.25, 0.3) is 0 Å². The molecule has 276 valence electrons. The number of rotatable bonds is 10. The number of nitrogens with zero attached hydrogens (tertiary/aromatic N) is 8. The molecule has 0 aliphatic carbocycles. The van der Waals surface area contributed by atoms with Crippen molar-refractivity contribution < 1.29 is 22.3 Å². The number of nitrogens with one attached hydrogen (secondary N) is 1. The largest absolute Gasteiger partial charge is 0.434 e. The third-order valence-electron chi connectivity index (χ3n) is 11.3. The molecular weight excluding hydrogens is 685 g/mol. The van der Waals surface area contributed by atoms with Crippen molar-refractivity contribution in [3.8, 4) is 11.6 Å². The van der Waals surface area contributed by atoms with Crippen molar-refractivity contribution in [3.05, 3.63) is 35.9 Å². The van der Waals surface area contributed by atoms with Crippen molar-refractivity contribution in [2.75, 3.05) is 76.9 Å². The fourth-order valence-electron chi connectivity index (χ4n) is 8.47. The molecule has 5 aliphatic rings. The van der Waals surface area contributed by atoms with E-state index in [0.717, 1.165) is 71.5 Å². The Balaban J connectivity index is 0.00000432. The summed E-state index contributed by atoms with van der Waals surface area (Å²) in [6, 6.07) is 3.80. The first-order chi connectivity index (χ1) is 23.4. The highest BCUT2D eigenvalue weighted by Crippen LogP contribution is 2.45. The van der Waals surface area contributed by atoms with Gasteiger partial charge in [0.05, 0.1) is 5.56 Å². The second kappa shape index (κ2) is 14.4. The molecule has 5 fully saturated rings. The molecule has 0 atom stereocenters. The zero-order chi connectivity index (χ0) is 34.6. The Hall–Kier alpha value is -2.69. The van der Waals surface area contributed by atoms with Crippen LogP contribution < -0.4 is 15.0 Å². The average molecular weight is 736 g/mol. The van der Waals surface area contributed by atoms with Crippen molar-refractivity contribution in [1.29, 1.82) is 0 Å². The number of anilines is 1. The number of amides is 1. The number of halogens is 2. The van der Waals surface area contributed by atoms with E-state index in [-0.39, 0.29) is 58.4 Å². The van der Waals surface area contributed by atoms with Gasteiger partial charge < -0.3 is 24.8 Å². The molecule has 50 heavy (non-hydrogen) atoms. The van der Waals surface area contributed by atoms with Crippen LogP contribution in [0.4, 0.5) is 10.2 Å². The predicted molar refractivity (Wildman–Crippen MR) is 190 cm³/mol. The number of ether oxygens (including phenoxy) is 1. The van der Waals surface area contributed by atoms with Gasteiger partial charge in [-0.25, -0.2) is 9.37 Å². The second-order valence-corrected chi connectivity index (χ2v) is 17.5. The number of carbonyl (C=O) groups excluding carboxylic acids is 1. The van der Waals surface area contributed by atoms with E-state index in [1.807, 2.05) is 27.7 Å². The third-order valence-corrected chi connectivity index (χ3v) is 13.3. The summed E-state index contributed by atoms with van der Waals surface area (Å²) in [5.74, 6) is 0.660. The minimum Gasteiger partial charge on any atom is -0.434 e. The minimum atomic E-state index is -3.34. The molecular formula is C34H51ClFN9O4S. The molecule has 0 radical (unpaired) electrons. The molecule has 0 saturated carbocycles. The van der Waals surface area contributed by atoms with Crippen molar-refractivity contribution in [2.45, 2.75) is 65.5 Å². The van der Waals surface area contributed by atoms with Crippen LogP contribution in [0.15, 0.2) is 24.5 Å². The molecule has 6 heterocycles. The monoisotopic (exact) mass is 735 g/mol. The highest BCUT2D eigenvalue weighted by Gasteiger charge is 2.53. The average Bonchev–Trinajstić information content (AvgIpc) is 3.00. The fourth-order valence-corrected chi connectivity index (χ4v) is 10.3. The van der Waals surface area contributed by atoms with Gasteiger partial charge in [0, 0.05) is 81.8 Å². The summed E-state index contributed by atoms with van der Waals surface area (Å²) in [5.41, 5.74) is 0.511. The first-order valence-corrected chi connectivity index (χ1v) is 19.2. The van der Waals surface area contributed by atoms with E-state index in [1.54, 1.807) is 13.5 Å². The van der Waals surface area contributed by atoms with E-state index < -0.39 is 16.0 Å². The van der Waals surface area contributed by atoms with Gasteiger partial charge in [0.2, 0.25) is 0 Å². The smallest absolute Gasteiger partial charge is 0.282 e. The SMILES string of the molecule is CC(C)N(C(=O)c1cc(F)ccc1Oc1nncnc1N1CC2(CCN(CC3CCN(S(=O)(=O)N4CC5(CNC5)C4)CC3)CC2)C1)C(C)C.Cl. The summed E-state index contributed by atoms with van der Waals surface area (Å²) in [7, 11) is -3.34. The lowest BCUT2D eigenvalue weighted by atomic mass is 9.72. The minimum absolute atomic E-state index is 0. The van der Waals surface area contributed by atoms with E-state index in [2.05, 4.69) is 30.3 Å². The van der Waals surface area contributed by atoms with Gasteiger partial charge in [-0.15, -0.1) is 22.6 Å². The Kier molecular flexibility index (Phi) is 10.7. The molecule has 13 nitrogen and oxygen atoms in total. The lowest BCUT2D eigenvalue weighted by Crippen LogP contribution is -2.73. The quantitative estimate of drug-likeness (QED) is 0.389. The maximum Gasteiger partial charge on any atom is 0.282 e. The number of piperidine rings is 2. The standard InChI is InChI=1S/C34H50FN9O4S.ClH/c1-24(2)44(25(3)4)32(45)28-15-27(35)5-6-29(28)48-31-30(37-23-38-39-31)41-19-33(20-41)9-13-40(14-10-33)16-26-7-11-42(12-8-26)49(46,47)43-21-34(22-43)17-36-18-34;/h5-6,15,23-26,36H,7-14,16-22H2,1-4H3;1H. The Morgan fingerprint density at radius 2 is 1.66 bits per heavy atom. The molecule has 0 unspecified atom stereocenters. The Morgan fingerprint density at radius 1 is 1.00 bits per heavy atom. The summed E-state index contributed by atoms with van der Waals surface area (Å²) in [4.78, 5) is 24.4. The first-order valence-electron chi connectivity index (χ1n) is 17.8. The predicted octanol–water partition coefficient (Wildman–Crippen LogP) is 3.25. The highest BCUT2D eigenvalue weighted by atomic mass is 35.5. The molecule has 1 N–H and O–H groups in total. The summed E-state index contributed by atoms with van der Waals surface area (Å²) >= 11 is 0. The van der Waals surface area contributed by atoms with Crippen molar-refractivity contribution in [1.82, 2.24) is 38.9 Å². The van der Waals surface area contributed by atoms with Gasteiger partial charge in [-0.05, 0) is 90.6 Å². The lowest BCUT2D eigenvalue weighted by Gasteiger charge is -2.56. The second-order valence-electron chi connectivity index (χ2n) is 15.6. The number of hydrogen-bond donors (Lipinski definition) is 1. The first kappa shape index (κ1) is 37.1. The lowest BCUT2D eigenvalue weighted by molar-refractivity contribution is 0.0110. The van der Waals surface area contributed by atoms with Crippen molar-refractivity contribution in [3.63, 3.8) is 0 Å². The van der Waals surface area contributed by atoms with Crippen LogP contribution in [-0.2, 0) is 10.2 Å². The fraction of sp³-hybridized carbons (Fsp3) is 0.706. The van der Waals surface area contributed by atoms with Gasteiger partial charge in [0.25, 0.3) is 22.0 Å². The molecule has 1 aromatic heterocycles. The van der Waals surface area contributed by atoms with Crippen LogP contribution in [0.2, 0.25) is 0 Å². The number of carbonyl (C=O) groups is 1. The van der Waals surface area contributed by atoms with Gasteiger partial charge in [0.15, 0.2) is 5.82 Å². The van der Waals surface area contributed by atoms with E-state index >= 15 is 0 Å². The zero-order valence-electron chi connectivity index (χ0n) is 29.6. The Labute approximate surface area is 301 Å². The number of benzene rings is 1. The third kappa shape index (κ3) is 7.18. The molecule has 2 aromatic rings. The van der Waals surface area contributed by atoms with Crippen LogP contribution in [0.1, 0.15) is 63.7 Å². The normalized spacial score (nSPS) is 22.6. The van der Waals surface area contributed by atoms with Crippen LogP contribution >= 0.6 is 12.4 Å². The summed E-state index contributed by atoms with van der Waals surface area (Å²) in [5, 5.41) is 11.4. The molecule has 1 aromatic carbocycles. The van der Waals surface area contributed by atoms with E-state index in [1.165, 1.54) is 24.5 Å². The molecule has 7 rings (SSSR count). The molecule has 2 spiro atoms. The molecule has 5 aliphatic heterocycles. The van der Waals surface area contributed by atoms with Crippen molar-refractivity contribution in [2.24, 2.45) is 16.7 Å². The maximum atomic E-state index is 14.4. The summed E-state index contributed by atoms with van der Waals surface area (Å²) in [6.45, 7) is 16.8.